The van der Waals surface area contributed by atoms with Gasteiger partial charge in [0, 0.05) is 0 Å². The van der Waals surface area contributed by atoms with Crippen LogP contribution in [0.25, 0.3) is 0 Å². The number of hydrogen-bond acceptors (Lipinski definition) is 1. The Kier molecular flexibility index (Phi) is 25.3. The number of halogens is 2. The fourth-order valence-electron chi connectivity index (χ4n) is 6.63. The van der Waals surface area contributed by atoms with E-state index in [9.17, 15) is 0 Å². The van der Waals surface area contributed by atoms with Crippen LogP contribution in [0.4, 0.5) is 5.69 Å². The van der Waals surface area contributed by atoms with Crippen molar-refractivity contribution in [2.75, 3.05) is 0 Å². The van der Waals surface area contributed by atoms with Crippen molar-refractivity contribution in [2.45, 2.75) is 177 Å². The number of allylic oxidation sites excluding steroid dienone is 1. The summed E-state index contributed by atoms with van der Waals surface area (Å²) in [6, 6.07) is 9.63. The van der Waals surface area contributed by atoms with Gasteiger partial charge in [0.15, 0.2) is 0 Å². The summed E-state index contributed by atoms with van der Waals surface area (Å²) in [5.41, 5.74) is 14.0. The van der Waals surface area contributed by atoms with Crippen LogP contribution in [0.5, 0.6) is 0 Å². The van der Waals surface area contributed by atoms with E-state index in [1.165, 1.54) is 124 Å². The van der Waals surface area contributed by atoms with Crippen LogP contribution in [0.3, 0.4) is 0 Å². The molecule has 0 saturated carbocycles. The molecule has 0 aliphatic rings. The molecule has 0 bridgehead atoms. The Balaban J connectivity index is 0.00000338. The predicted molar refractivity (Wildman–Crippen MR) is 208 cm³/mol. The molecule has 0 N–H and O–H groups in total. The number of benzene rings is 2. The van der Waals surface area contributed by atoms with Crippen molar-refractivity contribution in [1.29, 1.82) is 0 Å². The zero-order valence-electron chi connectivity index (χ0n) is 30.8. The Labute approximate surface area is 303 Å². The molecule has 0 aromatic heterocycles. The fraction of sp³-hybridized carbons (Fsp3) is 0.643. The van der Waals surface area contributed by atoms with Crippen LogP contribution >= 0.6 is 24.4 Å². The van der Waals surface area contributed by atoms with Gasteiger partial charge in [-0.25, -0.2) is 0 Å². The summed E-state index contributed by atoms with van der Waals surface area (Å²) in [7, 11) is 4.85. The van der Waals surface area contributed by atoms with Gasteiger partial charge in [-0.3, -0.25) is 0 Å². The van der Waals surface area contributed by atoms with Crippen LogP contribution in [0, 0.1) is 6.08 Å². The molecule has 1 nitrogen and oxygen atoms in total. The van der Waals surface area contributed by atoms with Gasteiger partial charge in [-0.1, -0.05) is 136 Å². The molecule has 0 aliphatic heterocycles. The van der Waals surface area contributed by atoms with E-state index in [4.69, 9.17) is 15.2 Å². The molecule has 0 atom stereocenters. The van der Waals surface area contributed by atoms with E-state index < -0.39 is 0 Å². The summed E-state index contributed by atoms with van der Waals surface area (Å²) in [6.45, 7) is 18.3. The van der Waals surface area contributed by atoms with Crippen LogP contribution < -0.4 is 0 Å². The molecule has 263 valence electrons. The van der Waals surface area contributed by atoms with E-state index >= 15 is 0 Å². The van der Waals surface area contributed by atoms with Gasteiger partial charge in [0.05, 0.1) is 5.69 Å². The SMILES string of the molecule is CCCCCCCCc1cc(N=C(CC)C(C)=[C-]c2cc(CC)c(CCCC)c(CCCCCC)c2)cc(CC)c1CC.[Cl][Ni+][Br]. The van der Waals surface area contributed by atoms with Gasteiger partial charge in [0.25, 0.3) is 0 Å². The van der Waals surface area contributed by atoms with Gasteiger partial charge < -0.3 is 4.99 Å². The molecule has 2 rings (SSSR count). The van der Waals surface area contributed by atoms with Gasteiger partial charge in [-0.2, -0.15) is 0 Å². The Morgan fingerprint density at radius 2 is 1.11 bits per heavy atom. The minimum absolute atomic E-state index is 0.910. The molecule has 46 heavy (non-hydrogen) atoms. The molecule has 0 fully saturated rings. The molecule has 0 saturated heterocycles. The first-order valence-corrected chi connectivity index (χ1v) is 22.5. The van der Waals surface area contributed by atoms with E-state index in [0.717, 1.165) is 48.9 Å². The second-order valence-corrected chi connectivity index (χ2v) is 15.6. The second kappa shape index (κ2) is 27.0. The number of rotatable bonds is 22. The Bertz CT molecular complexity index is 1170. The van der Waals surface area contributed by atoms with Crippen molar-refractivity contribution in [3.63, 3.8) is 0 Å². The average Bonchev–Trinajstić information content (AvgIpc) is 3.06. The molecular weight excluding hydrogens is 693 g/mol. The van der Waals surface area contributed by atoms with Gasteiger partial charge in [-0.05, 0) is 92.3 Å². The molecule has 2 aromatic carbocycles. The minimum atomic E-state index is 0.910. The quantitative estimate of drug-likeness (QED) is 0.0491. The predicted octanol–water partition coefficient (Wildman–Crippen LogP) is 14.6. The number of unbranched alkanes of at least 4 members (excludes halogenated alkanes) is 9. The molecule has 4 heteroatoms. The van der Waals surface area contributed by atoms with Crippen LogP contribution in [0.1, 0.15) is 178 Å². The Morgan fingerprint density at radius 1 is 0.630 bits per heavy atom. The fourth-order valence-corrected chi connectivity index (χ4v) is 6.63. The maximum atomic E-state index is 5.30. The molecule has 0 amide bonds. The standard InChI is InChI=1S/C42H66N.BrH.ClH.Ni/c1-9-16-19-21-22-24-26-38-32-39(31-36(13-5)40(38)14-6)43-42(15-7)33(8)28-34-29-35(12-4)41(27-18-11-3)37(30-34)25-23-20-17-10-2;;;/h29-32H,9-27H2,1-8H3;2*1H;/q-1;;;+3/p-2. The summed E-state index contributed by atoms with van der Waals surface area (Å²) >= 11 is 3.76. The monoisotopic (exact) mass is 756 g/mol. The van der Waals surface area contributed by atoms with Crippen molar-refractivity contribution < 1.29 is 11.8 Å². The summed E-state index contributed by atoms with van der Waals surface area (Å²) < 4.78 is 0. The Morgan fingerprint density at radius 3 is 1.65 bits per heavy atom. The molecular formula is C42H66BrClNNi. The van der Waals surface area contributed by atoms with Crippen molar-refractivity contribution in [3.05, 3.63) is 74.9 Å². The third-order valence-electron chi connectivity index (χ3n) is 9.21. The van der Waals surface area contributed by atoms with Gasteiger partial charge >= 0.3 is 36.2 Å². The molecule has 0 unspecified atom stereocenters. The molecule has 0 heterocycles. The molecule has 0 aliphatic carbocycles. The summed E-state index contributed by atoms with van der Waals surface area (Å²) in [5.74, 6) is 0. The summed E-state index contributed by atoms with van der Waals surface area (Å²) in [5, 5.41) is 0. The van der Waals surface area contributed by atoms with Crippen LogP contribution in [-0.2, 0) is 50.3 Å². The van der Waals surface area contributed by atoms with Gasteiger partial charge in [-0.15, -0.1) is 29.3 Å². The van der Waals surface area contributed by atoms with Crippen molar-refractivity contribution >= 4 is 35.8 Å². The first-order chi connectivity index (χ1) is 22.4. The van der Waals surface area contributed by atoms with E-state index in [2.05, 4.69) is 100.0 Å². The van der Waals surface area contributed by atoms with Gasteiger partial charge in [0.1, 0.15) is 0 Å². The van der Waals surface area contributed by atoms with E-state index in [-0.39, 0.29) is 0 Å². The van der Waals surface area contributed by atoms with Crippen molar-refractivity contribution in [2.24, 2.45) is 4.99 Å². The van der Waals surface area contributed by atoms with Gasteiger partial charge in [0.2, 0.25) is 0 Å². The maximum absolute atomic E-state index is 5.30. The van der Waals surface area contributed by atoms with Crippen LogP contribution in [0.15, 0.2) is 34.8 Å². The first-order valence-electron chi connectivity index (χ1n) is 18.7. The van der Waals surface area contributed by atoms with Crippen molar-refractivity contribution in [3.8, 4) is 0 Å². The zero-order valence-corrected chi connectivity index (χ0v) is 34.1. The number of aryl methyl sites for hydroxylation is 4. The molecule has 0 radical (unpaired) electrons. The van der Waals surface area contributed by atoms with E-state index in [1.807, 2.05) is 0 Å². The van der Waals surface area contributed by atoms with Crippen molar-refractivity contribution in [1.82, 2.24) is 0 Å². The number of hydrogen-bond donors (Lipinski definition) is 0. The summed E-state index contributed by atoms with van der Waals surface area (Å²) in [6.07, 6.45) is 27.4. The second-order valence-electron chi connectivity index (χ2n) is 12.7. The Hall–Kier alpha value is -0.886. The average molecular weight is 759 g/mol. The zero-order chi connectivity index (χ0) is 34.2. The number of nitrogens with zero attached hydrogens (tertiary/aromatic N) is 1. The number of aliphatic imine (C=N–C) groups is 1. The topological polar surface area (TPSA) is 12.4 Å². The van der Waals surface area contributed by atoms with E-state index in [1.54, 1.807) is 16.7 Å². The van der Waals surface area contributed by atoms with Crippen LogP contribution in [-0.4, -0.2) is 5.71 Å². The third kappa shape index (κ3) is 16.0. The normalized spacial score (nSPS) is 12.0. The molecule has 2 aromatic rings. The van der Waals surface area contributed by atoms with E-state index in [0.29, 0.717) is 0 Å². The third-order valence-corrected chi connectivity index (χ3v) is 9.21. The summed E-state index contributed by atoms with van der Waals surface area (Å²) in [4.78, 5) is 5.30. The first kappa shape index (κ1) is 43.1. The molecule has 0 spiro atoms. The van der Waals surface area contributed by atoms with Crippen LogP contribution in [0.2, 0.25) is 0 Å².